The van der Waals surface area contributed by atoms with Gasteiger partial charge in [0.05, 0.1) is 17.5 Å². The van der Waals surface area contributed by atoms with E-state index in [2.05, 4.69) is 15.2 Å². The van der Waals surface area contributed by atoms with Crippen LogP contribution < -0.4 is 9.47 Å². The Morgan fingerprint density at radius 3 is 2.10 bits per heavy atom. The molecule has 0 bridgehead atoms. The van der Waals surface area contributed by atoms with Gasteiger partial charge in [0.1, 0.15) is 11.5 Å². The average Bonchev–Trinajstić information content (AvgIpc) is 2.48. The summed E-state index contributed by atoms with van der Waals surface area (Å²) in [6, 6.07) is 7.68. The molecule has 1 aromatic heterocycles. The summed E-state index contributed by atoms with van der Waals surface area (Å²) in [7, 11) is 0. The molecule has 0 unspecified atom stereocenters. The van der Waals surface area contributed by atoms with Crippen molar-refractivity contribution in [3.63, 3.8) is 0 Å². The number of aromatic nitrogens is 3. The zero-order valence-corrected chi connectivity index (χ0v) is 13.0. The average molecular weight is 287 g/mol. The maximum Gasteiger partial charge on any atom is 0.341 e. The molecule has 0 N–H and O–H groups in total. The molecular weight excluding hydrogens is 266 g/mol. The van der Waals surface area contributed by atoms with Gasteiger partial charge in [-0.3, -0.25) is 0 Å². The molecular formula is C16H21N3O2. The molecule has 5 heteroatoms. The summed E-state index contributed by atoms with van der Waals surface area (Å²) >= 11 is 0. The molecule has 0 aliphatic heterocycles. The van der Waals surface area contributed by atoms with Crippen molar-refractivity contribution in [2.75, 3.05) is 0 Å². The Labute approximate surface area is 125 Å². The Morgan fingerprint density at radius 1 is 0.905 bits per heavy atom. The van der Waals surface area contributed by atoms with Crippen molar-refractivity contribution in [3.05, 3.63) is 35.7 Å². The molecule has 21 heavy (non-hydrogen) atoms. The Hall–Kier alpha value is -2.17. The molecule has 0 radical (unpaired) electrons. The van der Waals surface area contributed by atoms with E-state index < -0.39 is 0 Å². The van der Waals surface area contributed by atoms with Gasteiger partial charge in [-0.1, -0.05) is 18.9 Å². The zero-order chi connectivity index (χ0) is 15.2. The van der Waals surface area contributed by atoms with Gasteiger partial charge >= 0.3 is 6.01 Å². The lowest BCUT2D eigenvalue weighted by Gasteiger charge is -2.10. The highest BCUT2D eigenvalue weighted by atomic mass is 16.5. The lowest BCUT2D eigenvalue weighted by Crippen LogP contribution is -2.05. The van der Waals surface area contributed by atoms with Crippen LogP contribution in [0.25, 0.3) is 0 Å². The van der Waals surface area contributed by atoms with Crippen molar-refractivity contribution in [1.82, 2.24) is 15.2 Å². The second kappa shape index (κ2) is 7.02. The molecule has 2 rings (SSSR count). The minimum absolute atomic E-state index is 0.151. The molecule has 0 saturated carbocycles. The number of hydrogen-bond acceptors (Lipinski definition) is 5. The number of rotatable bonds is 6. The third-order valence-electron chi connectivity index (χ3n) is 2.89. The van der Waals surface area contributed by atoms with Crippen molar-refractivity contribution in [2.24, 2.45) is 0 Å². The van der Waals surface area contributed by atoms with Crippen LogP contribution >= 0.6 is 0 Å². The Bertz CT molecular complexity index is 583. The molecule has 0 aliphatic carbocycles. The lowest BCUT2D eigenvalue weighted by atomic mass is 10.2. The maximum absolute atomic E-state index is 5.64. The second-order valence-corrected chi connectivity index (χ2v) is 4.93. The molecule has 0 aliphatic rings. The topological polar surface area (TPSA) is 57.1 Å². The summed E-state index contributed by atoms with van der Waals surface area (Å²) in [4.78, 5) is 4.40. The first-order chi connectivity index (χ1) is 10.1. The molecule has 5 nitrogen and oxygen atoms in total. The molecule has 0 spiro atoms. The Balaban J connectivity index is 2.11. The summed E-state index contributed by atoms with van der Waals surface area (Å²) < 4.78 is 11.2. The van der Waals surface area contributed by atoms with Gasteiger partial charge in [0.25, 0.3) is 0 Å². The first kappa shape index (κ1) is 15.2. The van der Waals surface area contributed by atoms with E-state index in [9.17, 15) is 0 Å². The SMILES string of the molecule is CCc1nnc(Oc2ccc(OC(C)C)cc2)nc1CC. The zero-order valence-electron chi connectivity index (χ0n) is 13.0. The van der Waals surface area contributed by atoms with Crippen molar-refractivity contribution in [2.45, 2.75) is 46.6 Å². The molecule has 0 saturated heterocycles. The number of ether oxygens (including phenoxy) is 2. The van der Waals surface area contributed by atoms with Gasteiger partial charge in [-0.15, -0.1) is 5.10 Å². The molecule has 0 amide bonds. The molecule has 1 aromatic carbocycles. The van der Waals surface area contributed by atoms with E-state index >= 15 is 0 Å². The molecule has 0 atom stereocenters. The number of nitrogens with zero attached hydrogens (tertiary/aromatic N) is 3. The molecule has 112 valence electrons. The van der Waals surface area contributed by atoms with Crippen LogP contribution in [-0.4, -0.2) is 21.3 Å². The van der Waals surface area contributed by atoms with Gasteiger partial charge in [-0.05, 0) is 51.0 Å². The summed E-state index contributed by atoms with van der Waals surface area (Å²) in [6.07, 6.45) is 1.79. The van der Waals surface area contributed by atoms with Crippen molar-refractivity contribution < 1.29 is 9.47 Å². The minimum atomic E-state index is 0.151. The predicted octanol–water partition coefficient (Wildman–Crippen LogP) is 3.58. The van der Waals surface area contributed by atoms with Crippen molar-refractivity contribution in [3.8, 4) is 17.5 Å². The van der Waals surface area contributed by atoms with Crippen LogP contribution in [0, 0.1) is 0 Å². The monoisotopic (exact) mass is 287 g/mol. The maximum atomic E-state index is 5.64. The summed E-state index contributed by atoms with van der Waals surface area (Å²) in [5.41, 5.74) is 1.85. The highest BCUT2D eigenvalue weighted by Gasteiger charge is 2.08. The number of aryl methyl sites for hydroxylation is 2. The first-order valence-electron chi connectivity index (χ1n) is 7.29. The summed E-state index contributed by atoms with van der Waals surface area (Å²) in [6.45, 7) is 8.07. The first-order valence-corrected chi connectivity index (χ1v) is 7.29. The van der Waals surface area contributed by atoms with E-state index in [1.165, 1.54) is 0 Å². The van der Waals surface area contributed by atoms with Gasteiger partial charge in [0.2, 0.25) is 0 Å². The summed E-state index contributed by atoms with van der Waals surface area (Å²) in [5, 5.41) is 8.17. The van der Waals surface area contributed by atoms with Gasteiger partial charge < -0.3 is 9.47 Å². The largest absolute Gasteiger partial charge is 0.491 e. The quantitative estimate of drug-likeness (QED) is 0.812. The van der Waals surface area contributed by atoms with E-state index in [1.54, 1.807) is 0 Å². The minimum Gasteiger partial charge on any atom is -0.491 e. The highest BCUT2D eigenvalue weighted by molar-refractivity contribution is 5.32. The van der Waals surface area contributed by atoms with Crippen LogP contribution in [0.5, 0.6) is 17.5 Å². The van der Waals surface area contributed by atoms with Crippen LogP contribution in [-0.2, 0) is 12.8 Å². The molecule has 2 aromatic rings. The van der Waals surface area contributed by atoms with Gasteiger partial charge in [-0.25, -0.2) is 0 Å². The number of hydrogen-bond donors (Lipinski definition) is 0. The van der Waals surface area contributed by atoms with Crippen molar-refractivity contribution >= 4 is 0 Å². The number of benzene rings is 1. The van der Waals surface area contributed by atoms with Gasteiger partial charge in [0, 0.05) is 0 Å². The van der Waals surface area contributed by atoms with E-state index in [0.29, 0.717) is 5.75 Å². The predicted molar refractivity (Wildman–Crippen MR) is 80.9 cm³/mol. The fourth-order valence-electron chi connectivity index (χ4n) is 1.93. The smallest absolute Gasteiger partial charge is 0.341 e. The van der Waals surface area contributed by atoms with Crippen molar-refractivity contribution in [1.29, 1.82) is 0 Å². The van der Waals surface area contributed by atoms with E-state index in [4.69, 9.17) is 9.47 Å². The standard InChI is InChI=1S/C16H21N3O2/c1-5-14-15(6-2)18-19-16(17-14)21-13-9-7-12(8-10-13)20-11(3)4/h7-11H,5-6H2,1-4H3. The molecule has 1 heterocycles. The van der Waals surface area contributed by atoms with E-state index in [-0.39, 0.29) is 12.1 Å². The third kappa shape index (κ3) is 4.15. The van der Waals surface area contributed by atoms with Gasteiger partial charge in [0.15, 0.2) is 0 Å². The second-order valence-electron chi connectivity index (χ2n) is 4.93. The molecule has 0 fully saturated rings. The van der Waals surface area contributed by atoms with E-state index in [1.807, 2.05) is 52.0 Å². The van der Waals surface area contributed by atoms with Crippen LogP contribution in [0.15, 0.2) is 24.3 Å². The van der Waals surface area contributed by atoms with Gasteiger partial charge in [-0.2, -0.15) is 4.98 Å². The van der Waals surface area contributed by atoms with Crippen LogP contribution in [0.4, 0.5) is 0 Å². The fourth-order valence-corrected chi connectivity index (χ4v) is 1.93. The van der Waals surface area contributed by atoms with Crippen LogP contribution in [0.1, 0.15) is 39.1 Å². The Kier molecular flexibility index (Phi) is 5.09. The fraction of sp³-hybridized carbons (Fsp3) is 0.438. The third-order valence-corrected chi connectivity index (χ3v) is 2.89. The lowest BCUT2D eigenvalue weighted by molar-refractivity contribution is 0.242. The van der Waals surface area contributed by atoms with E-state index in [0.717, 1.165) is 30.0 Å². The summed E-state index contributed by atoms with van der Waals surface area (Å²) in [5.74, 6) is 1.48. The van der Waals surface area contributed by atoms with Crippen LogP contribution in [0.3, 0.4) is 0 Å². The Morgan fingerprint density at radius 2 is 1.52 bits per heavy atom. The highest BCUT2D eigenvalue weighted by Crippen LogP contribution is 2.22. The normalized spacial score (nSPS) is 10.7. The van der Waals surface area contributed by atoms with Crippen LogP contribution in [0.2, 0.25) is 0 Å².